The van der Waals surface area contributed by atoms with Gasteiger partial charge in [-0.1, -0.05) is 37.4 Å². The largest absolute Gasteiger partial charge is 0.458 e. The van der Waals surface area contributed by atoms with Gasteiger partial charge < -0.3 is 18.9 Å². The highest BCUT2D eigenvalue weighted by Gasteiger charge is 2.18. The topological polar surface area (TPSA) is 88.1 Å². The monoisotopic (exact) mass is 438 g/mol. The van der Waals surface area contributed by atoms with Crippen LogP contribution in [-0.2, 0) is 23.8 Å². The molecule has 0 N–H and O–H groups in total. The van der Waals surface area contributed by atoms with Crippen molar-refractivity contribution in [3.8, 4) is 16.9 Å². The number of methoxy groups -OCH3 is 1. The van der Waals surface area contributed by atoms with Gasteiger partial charge in [0.15, 0.2) is 6.10 Å². The Bertz CT molecular complexity index is 988. The molecule has 0 spiro atoms. The number of rotatable bonds is 10. The van der Waals surface area contributed by atoms with Crippen molar-refractivity contribution in [1.29, 1.82) is 0 Å². The molecule has 0 aliphatic heterocycles. The summed E-state index contributed by atoms with van der Waals surface area (Å²) in [5.41, 5.74) is 2.66. The van der Waals surface area contributed by atoms with Gasteiger partial charge in [-0.15, -0.1) is 0 Å². The van der Waals surface area contributed by atoms with E-state index in [4.69, 9.17) is 18.9 Å². The zero-order valence-corrected chi connectivity index (χ0v) is 18.4. The molecule has 0 radical (unpaired) electrons. The summed E-state index contributed by atoms with van der Waals surface area (Å²) in [6, 6.07) is 13.8. The summed E-state index contributed by atoms with van der Waals surface area (Å²) >= 11 is 0. The first-order valence-electron chi connectivity index (χ1n) is 9.82. The fraction of sp³-hybridized carbons (Fsp3) is 0.240. The number of hydrogen-bond donors (Lipinski definition) is 0. The first-order chi connectivity index (χ1) is 15.2. The number of esters is 3. The summed E-state index contributed by atoms with van der Waals surface area (Å²) in [4.78, 5) is 35.6. The van der Waals surface area contributed by atoms with Gasteiger partial charge in [0.05, 0.1) is 12.2 Å². The molecule has 2 aromatic carbocycles. The summed E-state index contributed by atoms with van der Waals surface area (Å²) in [6.45, 7) is 10.1. The molecule has 0 amide bonds. The summed E-state index contributed by atoms with van der Waals surface area (Å²) in [5.74, 6) is -1.20. The quantitative estimate of drug-likeness (QED) is 0.313. The van der Waals surface area contributed by atoms with Crippen LogP contribution in [0.2, 0.25) is 0 Å². The second-order valence-electron chi connectivity index (χ2n) is 7.13. The maximum absolute atomic E-state index is 12.5. The van der Waals surface area contributed by atoms with E-state index >= 15 is 0 Å². The second kappa shape index (κ2) is 11.6. The van der Waals surface area contributed by atoms with Gasteiger partial charge in [-0.3, -0.25) is 0 Å². The Labute approximate surface area is 187 Å². The van der Waals surface area contributed by atoms with E-state index in [1.807, 2.05) is 0 Å². The van der Waals surface area contributed by atoms with Crippen LogP contribution in [-0.4, -0.2) is 44.3 Å². The van der Waals surface area contributed by atoms with Crippen molar-refractivity contribution in [2.24, 2.45) is 0 Å². The van der Waals surface area contributed by atoms with Gasteiger partial charge in [0, 0.05) is 18.3 Å². The molecule has 7 heteroatoms. The van der Waals surface area contributed by atoms with E-state index in [9.17, 15) is 14.4 Å². The van der Waals surface area contributed by atoms with Gasteiger partial charge in [0.1, 0.15) is 12.4 Å². The van der Waals surface area contributed by atoms with E-state index in [0.717, 1.165) is 11.1 Å². The van der Waals surface area contributed by atoms with Crippen LogP contribution in [0.15, 0.2) is 72.8 Å². The minimum atomic E-state index is -0.745. The molecular formula is C25H26O7. The molecule has 32 heavy (non-hydrogen) atoms. The lowest BCUT2D eigenvalue weighted by Crippen LogP contribution is -2.29. The van der Waals surface area contributed by atoms with Gasteiger partial charge in [0.25, 0.3) is 0 Å². The van der Waals surface area contributed by atoms with E-state index in [2.05, 4.69) is 13.2 Å². The lowest BCUT2D eigenvalue weighted by atomic mass is 10.0. The van der Waals surface area contributed by atoms with Crippen LogP contribution < -0.4 is 4.74 Å². The maximum Gasteiger partial charge on any atom is 0.338 e. The number of hydrogen-bond acceptors (Lipinski definition) is 7. The Morgan fingerprint density at radius 3 is 1.84 bits per heavy atom. The zero-order chi connectivity index (χ0) is 23.7. The molecular weight excluding hydrogens is 412 g/mol. The van der Waals surface area contributed by atoms with E-state index in [0.29, 0.717) is 16.9 Å². The Kier molecular flexibility index (Phi) is 8.92. The Hall–Kier alpha value is -3.71. The molecule has 1 atom stereocenters. The standard InChI is InChI=1S/C25H26O7/c1-16(2)23(26)30-15-22(14-29-5)32-25(28)20-8-6-18(7-9-20)19-10-12-21(13-11-19)31-24(27)17(3)4/h6-13,22H,1,3,14-15H2,2,4-5H3. The summed E-state index contributed by atoms with van der Waals surface area (Å²) in [6.07, 6.45) is -0.745. The summed E-state index contributed by atoms with van der Waals surface area (Å²) < 4.78 is 20.7. The predicted molar refractivity (Wildman–Crippen MR) is 119 cm³/mol. The van der Waals surface area contributed by atoms with Crippen LogP contribution in [0.4, 0.5) is 0 Å². The SMILES string of the molecule is C=C(C)C(=O)OCC(COC)OC(=O)c1ccc(-c2ccc(OC(=O)C(=C)C)cc2)cc1. The molecule has 0 aliphatic carbocycles. The Balaban J connectivity index is 2.01. The van der Waals surface area contributed by atoms with Crippen LogP contribution in [0.3, 0.4) is 0 Å². The van der Waals surface area contributed by atoms with Gasteiger partial charge in [0.2, 0.25) is 0 Å². The number of carbonyl (C=O) groups is 3. The second-order valence-corrected chi connectivity index (χ2v) is 7.13. The number of ether oxygens (including phenoxy) is 4. The zero-order valence-electron chi connectivity index (χ0n) is 18.4. The van der Waals surface area contributed by atoms with Crippen LogP contribution in [0.5, 0.6) is 5.75 Å². The maximum atomic E-state index is 12.5. The van der Waals surface area contributed by atoms with Gasteiger partial charge >= 0.3 is 17.9 Å². The van der Waals surface area contributed by atoms with Crippen LogP contribution in [0.1, 0.15) is 24.2 Å². The first kappa shape index (κ1) is 24.6. The van der Waals surface area contributed by atoms with Crippen molar-refractivity contribution in [3.63, 3.8) is 0 Å². The van der Waals surface area contributed by atoms with Crippen LogP contribution in [0, 0.1) is 0 Å². The lowest BCUT2D eigenvalue weighted by molar-refractivity contribution is -0.143. The van der Waals surface area contributed by atoms with Crippen molar-refractivity contribution >= 4 is 17.9 Å². The fourth-order valence-electron chi connectivity index (χ4n) is 2.52. The van der Waals surface area contributed by atoms with E-state index in [-0.39, 0.29) is 18.8 Å². The molecule has 0 heterocycles. The lowest BCUT2D eigenvalue weighted by Gasteiger charge is -2.17. The van der Waals surface area contributed by atoms with E-state index in [1.54, 1.807) is 55.5 Å². The van der Waals surface area contributed by atoms with Gasteiger partial charge in [-0.2, -0.15) is 0 Å². The average molecular weight is 438 g/mol. The normalized spacial score (nSPS) is 11.2. The molecule has 1 unspecified atom stereocenters. The molecule has 0 aromatic heterocycles. The molecule has 0 fully saturated rings. The molecule has 0 bridgehead atoms. The smallest absolute Gasteiger partial charge is 0.338 e. The summed E-state index contributed by atoms with van der Waals surface area (Å²) in [7, 11) is 1.46. The molecule has 2 aromatic rings. The van der Waals surface area contributed by atoms with Crippen molar-refractivity contribution in [2.45, 2.75) is 20.0 Å². The first-order valence-corrected chi connectivity index (χ1v) is 9.82. The highest BCUT2D eigenvalue weighted by molar-refractivity contribution is 5.90. The third-order valence-electron chi connectivity index (χ3n) is 4.24. The molecule has 0 saturated carbocycles. The third-order valence-corrected chi connectivity index (χ3v) is 4.24. The minimum absolute atomic E-state index is 0.0790. The van der Waals surface area contributed by atoms with E-state index < -0.39 is 24.0 Å². The molecule has 168 valence electrons. The molecule has 7 nitrogen and oxygen atoms in total. The van der Waals surface area contributed by atoms with Crippen molar-refractivity contribution < 1.29 is 33.3 Å². The van der Waals surface area contributed by atoms with Crippen LogP contribution in [0.25, 0.3) is 11.1 Å². The molecule has 0 aliphatic rings. The Morgan fingerprint density at radius 1 is 0.812 bits per heavy atom. The van der Waals surface area contributed by atoms with Gasteiger partial charge in [-0.05, 0) is 49.2 Å². The number of carbonyl (C=O) groups excluding carboxylic acids is 3. The summed E-state index contributed by atoms with van der Waals surface area (Å²) in [5, 5.41) is 0. The van der Waals surface area contributed by atoms with Gasteiger partial charge in [-0.25, -0.2) is 14.4 Å². The van der Waals surface area contributed by atoms with E-state index in [1.165, 1.54) is 14.0 Å². The third kappa shape index (κ3) is 7.21. The number of benzene rings is 2. The highest BCUT2D eigenvalue weighted by atomic mass is 16.6. The van der Waals surface area contributed by atoms with Crippen molar-refractivity contribution in [3.05, 3.63) is 78.4 Å². The van der Waals surface area contributed by atoms with Crippen molar-refractivity contribution in [2.75, 3.05) is 20.3 Å². The van der Waals surface area contributed by atoms with Crippen LogP contribution >= 0.6 is 0 Å². The van der Waals surface area contributed by atoms with Crippen molar-refractivity contribution in [1.82, 2.24) is 0 Å². The average Bonchev–Trinajstić information content (AvgIpc) is 2.77. The molecule has 0 saturated heterocycles. The highest BCUT2D eigenvalue weighted by Crippen LogP contribution is 2.23. The minimum Gasteiger partial charge on any atom is -0.458 e. The predicted octanol–water partition coefficient (Wildman–Crippen LogP) is 4.13. The molecule has 2 rings (SSSR count). The fourth-order valence-corrected chi connectivity index (χ4v) is 2.52. The Morgan fingerprint density at radius 2 is 1.34 bits per heavy atom.